The van der Waals surface area contributed by atoms with Gasteiger partial charge in [0.2, 0.25) is 5.91 Å². The Labute approximate surface area is 164 Å². The average molecular weight is 374 g/mol. The summed E-state index contributed by atoms with van der Waals surface area (Å²) >= 11 is 0. The van der Waals surface area contributed by atoms with Crippen LogP contribution in [0.25, 0.3) is 0 Å². The van der Waals surface area contributed by atoms with Crippen molar-refractivity contribution in [1.82, 2.24) is 5.32 Å². The van der Waals surface area contributed by atoms with Crippen LogP contribution in [0.15, 0.2) is 60.8 Å². The molecule has 2 N–H and O–H groups in total. The van der Waals surface area contributed by atoms with E-state index in [0.717, 1.165) is 44.9 Å². The van der Waals surface area contributed by atoms with Gasteiger partial charge in [0.15, 0.2) is 0 Å². The fourth-order valence-electron chi connectivity index (χ4n) is 2.12. The summed E-state index contributed by atoms with van der Waals surface area (Å²) in [5.74, 6) is -1.22. The van der Waals surface area contributed by atoms with Crippen LogP contribution in [-0.2, 0) is 9.59 Å². The average Bonchev–Trinajstić information content (AvgIpc) is 2.64. The Morgan fingerprint density at radius 1 is 0.815 bits per heavy atom. The molecule has 0 aliphatic carbocycles. The second kappa shape index (κ2) is 18.4. The van der Waals surface area contributed by atoms with E-state index in [1.54, 1.807) is 0 Å². The number of aliphatic carboxylic acids is 1. The van der Waals surface area contributed by atoms with Crippen molar-refractivity contribution in [2.75, 3.05) is 0 Å². The minimum absolute atomic E-state index is 0.211. The summed E-state index contributed by atoms with van der Waals surface area (Å²) in [6, 6.07) is -0.828. The molecular formula is C23H35NO3. The zero-order valence-corrected chi connectivity index (χ0v) is 16.8. The van der Waals surface area contributed by atoms with Gasteiger partial charge in [-0.15, -0.1) is 0 Å². The van der Waals surface area contributed by atoms with Crippen LogP contribution in [-0.4, -0.2) is 23.0 Å². The maximum atomic E-state index is 11.5. The molecular weight excluding hydrogens is 338 g/mol. The molecule has 0 aromatic heterocycles. The van der Waals surface area contributed by atoms with Gasteiger partial charge < -0.3 is 10.4 Å². The van der Waals surface area contributed by atoms with Crippen molar-refractivity contribution in [3.63, 3.8) is 0 Å². The van der Waals surface area contributed by atoms with Crippen LogP contribution >= 0.6 is 0 Å². The van der Waals surface area contributed by atoms with Crippen molar-refractivity contribution in [2.45, 2.75) is 71.3 Å². The number of unbranched alkanes of at least 4 members (excludes halogenated alkanes) is 1. The molecule has 0 aliphatic rings. The third-order valence-corrected chi connectivity index (χ3v) is 3.68. The van der Waals surface area contributed by atoms with E-state index in [2.05, 4.69) is 73.0 Å². The van der Waals surface area contributed by atoms with Crippen LogP contribution in [0.2, 0.25) is 0 Å². The molecule has 1 amide bonds. The van der Waals surface area contributed by atoms with E-state index < -0.39 is 12.0 Å². The summed E-state index contributed by atoms with van der Waals surface area (Å²) < 4.78 is 0. The number of amides is 1. The van der Waals surface area contributed by atoms with Gasteiger partial charge in [-0.05, 0) is 51.9 Å². The van der Waals surface area contributed by atoms with Gasteiger partial charge in [0, 0.05) is 6.42 Å². The lowest BCUT2D eigenvalue weighted by molar-refractivity contribution is -0.141. The molecule has 4 nitrogen and oxygen atoms in total. The standard InChI is InChI=1S/C23H35NO3/c1-3-4-5-6-7-8-9-10-11-12-13-14-15-16-17-18-19-20-22(25)24-21(2)23(26)27/h4-5,7-8,10-11,13-14,16-17,21H,3,6,9,12,15,18-20H2,1-2H3,(H,24,25)(H,26,27). The number of carbonyl (C=O) groups excluding carboxylic acids is 1. The molecule has 150 valence electrons. The zero-order chi connectivity index (χ0) is 20.2. The van der Waals surface area contributed by atoms with Crippen LogP contribution in [0.4, 0.5) is 0 Å². The number of rotatable bonds is 15. The van der Waals surface area contributed by atoms with E-state index >= 15 is 0 Å². The molecule has 1 atom stereocenters. The predicted molar refractivity (Wildman–Crippen MR) is 114 cm³/mol. The third-order valence-electron chi connectivity index (χ3n) is 3.68. The lowest BCUT2D eigenvalue weighted by Crippen LogP contribution is -2.38. The van der Waals surface area contributed by atoms with E-state index in [1.165, 1.54) is 6.92 Å². The van der Waals surface area contributed by atoms with Crippen molar-refractivity contribution in [1.29, 1.82) is 0 Å². The number of carboxylic acid groups (broad SMARTS) is 1. The molecule has 0 aromatic rings. The number of carbonyl (C=O) groups is 2. The second-order valence-corrected chi connectivity index (χ2v) is 6.23. The van der Waals surface area contributed by atoms with Crippen molar-refractivity contribution in [3.8, 4) is 0 Å². The summed E-state index contributed by atoms with van der Waals surface area (Å²) in [6.45, 7) is 3.60. The lowest BCUT2D eigenvalue weighted by atomic mass is 10.2. The first-order chi connectivity index (χ1) is 13.1. The van der Waals surface area contributed by atoms with Gasteiger partial charge in [-0.25, -0.2) is 0 Å². The van der Waals surface area contributed by atoms with Crippen LogP contribution < -0.4 is 5.32 Å². The minimum Gasteiger partial charge on any atom is -0.480 e. The molecule has 0 aliphatic heterocycles. The maximum absolute atomic E-state index is 11.5. The molecule has 0 aromatic carbocycles. The van der Waals surface area contributed by atoms with Crippen molar-refractivity contribution in [2.24, 2.45) is 0 Å². The first-order valence-corrected chi connectivity index (χ1v) is 9.85. The number of hydrogen-bond acceptors (Lipinski definition) is 2. The van der Waals surface area contributed by atoms with Gasteiger partial charge in [-0.1, -0.05) is 67.7 Å². The van der Waals surface area contributed by atoms with Crippen molar-refractivity contribution < 1.29 is 14.7 Å². The molecule has 0 saturated carbocycles. The van der Waals surface area contributed by atoms with Gasteiger partial charge in [-0.2, -0.15) is 0 Å². The van der Waals surface area contributed by atoms with E-state index in [9.17, 15) is 9.59 Å². The Morgan fingerprint density at radius 2 is 1.26 bits per heavy atom. The normalized spacial score (nSPS) is 13.6. The Balaban J connectivity index is 3.60. The number of hydrogen-bond donors (Lipinski definition) is 2. The van der Waals surface area contributed by atoms with Crippen LogP contribution in [0.3, 0.4) is 0 Å². The zero-order valence-electron chi connectivity index (χ0n) is 16.8. The molecule has 0 fully saturated rings. The topological polar surface area (TPSA) is 66.4 Å². The molecule has 27 heavy (non-hydrogen) atoms. The molecule has 0 spiro atoms. The van der Waals surface area contributed by atoms with Gasteiger partial charge in [-0.3, -0.25) is 9.59 Å². The number of nitrogens with one attached hydrogen (secondary N) is 1. The predicted octanol–water partition coefficient (Wildman–Crippen LogP) is 5.50. The van der Waals surface area contributed by atoms with Gasteiger partial charge in [0.05, 0.1) is 0 Å². The molecule has 0 rings (SSSR count). The smallest absolute Gasteiger partial charge is 0.325 e. The highest BCUT2D eigenvalue weighted by Crippen LogP contribution is 2.00. The Morgan fingerprint density at radius 3 is 1.70 bits per heavy atom. The van der Waals surface area contributed by atoms with Crippen LogP contribution in [0.5, 0.6) is 0 Å². The number of carboxylic acids is 1. The molecule has 0 heterocycles. The molecule has 0 radical (unpaired) electrons. The highest BCUT2D eigenvalue weighted by molar-refractivity contribution is 5.83. The first kappa shape index (κ1) is 24.6. The Kier molecular flexibility index (Phi) is 16.8. The fraction of sp³-hybridized carbons (Fsp3) is 0.478. The summed E-state index contributed by atoms with van der Waals surface area (Å²) in [5.41, 5.74) is 0. The maximum Gasteiger partial charge on any atom is 0.325 e. The van der Waals surface area contributed by atoms with E-state index in [0.29, 0.717) is 6.42 Å². The summed E-state index contributed by atoms with van der Waals surface area (Å²) in [7, 11) is 0. The van der Waals surface area contributed by atoms with Gasteiger partial charge in [0.1, 0.15) is 6.04 Å². The largest absolute Gasteiger partial charge is 0.480 e. The lowest BCUT2D eigenvalue weighted by Gasteiger charge is -2.08. The summed E-state index contributed by atoms with van der Waals surface area (Å²) in [5, 5.41) is 11.2. The summed E-state index contributed by atoms with van der Waals surface area (Å²) in [6.07, 6.45) is 28.3. The Hall–Kier alpha value is -2.36. The van der Waals surface area contributed by atoms with E-state index in [4.69, 9.17) is 5.11 Å². The van der Waals surface area contributed by atoms with Crippen molar-refractivity contribution >= 4 is 11.9 Å². The fourth-order valence-corrected chi connectivity index (χ4v) is 2.12. The molecule has 0 saturated heterocycles. The van der Waals surface area contributed by atoms with E-state index in [1.807, 2.05) is 0 Å². The monoisotopic (exact) mass is 373 g/mol. The molecule has 1 unspecified atom stereocenters. The van der Waals surface area contributed by atoms with Gasteiger partial charge >= 0.3 is 5.97 Å². The Bertz CT molecular complexity index is 542. The number of allylic oxidation sites excluding steroid dienone is 10. The first-order valence-electron chi connectivity index (χ1n) is 9.85. The molecule has 4 heteroatoms. The minimum atomic E-state index is -1.01. The molecule has 0 bridgehead atoms. The van der Waals surface area contributed by atoms with Crippen LogP contribution in [0.1, 0.15) is 65.2 Å². The van der Waals surface area contributed by atoms with E-state index in [-0.39, 0.29) is 5.91 Å². The van der Waals surface area contributed by atoms with Crippen molar-refractivity contribution in [3.05, 3.63) is 60.8 Å². The van der Waals surface area contributed by atoms with Crippen LogP contribution in [0, 0.1) is 0 Å². The quantitative estimate of drug-likeness (QED) is 0.294. The highest BCUT2D eigenvalue weighted by Gasteiger charge is 2.12. The highest BCUT2D eigenvalue weighted by atomic mass is 16.4. The third kappa shape index (κ3) is 18.2. The summed E-state index contributed by atoms with van der Waals surface area (Å²) in [4.78, 5) is 22.1. The second-order valence-electron chi connectivity index (χ2n) is 6.23. The van der Waals surface area contributed by atoms with Gasteiger partial charge in [0.25, 0.3) is 0 Å². The SMILES string of the molecule is CCC=CCC=CCC=CCC=CCC=CCCCC(=O)NC(C)C(=O)O.